The first-order chi connectivity index (χ1) is 9.85. The van der Waals surface area contributed by atoms with Gasteiger partial charge < -0.3 is 14.8 Å². The van der Waals surface area contributed by atoms with Crippen LogP contribution in [-0.2, 0) is 9.53 Å². The molecule has 0 aromatic heterocycles. The molecule has 0 saturated heterocycles. The monoisotopic (exact) mass is 357 g/mol. The molecule has 0 spiro atoms. The fourth-order valence-electron chi connectivity index (χ4n) is 1.46. The Balaban J connectivity index is 2.60. The van der Waals surface area contributed by atoms with E-state index in [2.05, 4.69) is 21.2 Å². The summed E-state index contributed by atoms with van der Waals surface area (Å²) in [6, 6.07) is 5.00. The number of benzene rings is 1. The Labute approximate surface area is 133 Å². The molecule has 0 saturated carbocycles. The number of hydrogen-bond acceptors (Lipinski definition) is 4. The van der Waals surface area contributed by atoms with Gasteiger partial charge in [-0.15, -0.1) is 0 Å². The minimum Gasteiger partial charge on any atom is -0.497 e. The molecule has 0 aliphatic heterocycles. The second-order valence-corrected chi connectivity index (χ2v) is 5.88. The van der Waals surface area contributed by atoms with Crippen molar-refractivity contribution in [3.05, 3.63) is 28.2 Å². The maximum absolute atomic E-state index is 12.0. The highest BCUT2D eigenvalue weighted by Gasteiger charge is 2.16. The number of carbonyl (C=O) groups excluding carboxylic acids is 2. The molecule has 1 amide bonds. The van der Waals surface area contributed by atoms with E-state index in [0.717, 1.165) is 0 Å². The summed E-state index contributed by atoms with van der Waals surface area (Å²) in [7, 11) is 1.51. The summed E-state index contributed by atoms with van der Waals surface area (Å²) >= 11 is 3.27. The third kappa shape index (κ3) is 5.38. The van der Waals surface area contributed by atoms with Crippen LogP contribution in [0.5, 0.6) is 5.75 Å². The molecule has 1 N–H and O–H groups in total. The van der Waals surface area contributed by atoms with Gasteiger partial charge in [0.05, 0.1) is 12.7 Å². The van der Waals surface area contributed by atoms with E-state index in [1.54, 1.807) is 18.2 Å². The molecule has 1 atom stereocenters. The predicted molar refractivity (Wildman–Crippen MR) is 83.4 cm³/mol. The molecule has 0 aliphatic carbocycles. The average molecular weight is 358 g/mol. The molecule has 5 nitrogen and oxygen atoms in total. The van der Waals surface area contributed by atoms with Crippen LogP contribution >= 0.6 is 15.9 Å². The molecule has 0 fully saturated rings. The molecule has 0 aliphatic rings. The molecule has 1 rings (SSSR count). The van der Waals surface area contributed by atoms with Crippen LogP contribution < -0.4 is 10.1 Å². The van der Waals surface area contributed by atoms with Crippen molar-refractivity contribution in [3.63, 3.8) is 0 Å². The van der Waals surface area contributed by atoms with Gasteiger partial charge in [-0.3, -0.25) is 4.79 Å². The lowest BCUT2D eigenvalue weighted by Crippen LogP contribution is -2.38. The number of carbonyl (C=O) groups is 2. The van der Waals surface area contributed by atoms with Crippen molar-refractivity contribution < 1.29 is 19.1 Å². The van der Waals surface area contributed by atoms with Crippen molar-refractivity contribution in [2.45, 2.75) is 26.8 Å². The number of rotatable bonds is 6. The topological polar surface area (TPSA) is 64.6 Å². The summed E-state index contributed by atoms with van der Waals surface area (Å²) in [5, 5.41) is 2.77. The van der Waals surface area contributed by atoms with E-state index in [1.807, 2.05) is 20.8 Å². The highest BCUT2D eigenvalue weighted by atomic mass is 79.9. The lowest BCUT2D eigenvalue weighted by molar-refractivity contribution is -0.125. The van der Waals surface area contributed by atoms with Gasteiger partial charge in [0.1, 0.15) is 5.75 Å². The van der Waals surface area contributed by atoms with E-state index in [-0.39, 0.29) is 18.6 Å². The van der Waals surface area contributed by atoms with Crippen LogP contribution in [0.3, 0.4) is 0 Å². The Kier molecular flexibility index (Phi) is 6.68. The summed E-state index contributed by atoms with van der Waals surface area (Å²) in [5.41, 5.74) is 0.319. The van der Waals surface area contributed by atoms with E-state index in [1.165, 1.54) is 7.11 Å². The number of amides is 1. The minimum atomic E-state index is -0.576. The minimum absolute atomic E-state index is 0.0276. The van der Waals surface area contributed by atoms with E-state index < -0.39 is 5.97 Å². The molecule has 1 aromatic rings. The molecular weight excluding hydrogens is 338 g/mol. The zero-order valence-electron chi connectivity index (χ0n) is 12.6. The smallest absolute Gasteiger partial charge is 0.339 e. The van der Waals surface area contributed by atoms with Crippen molar-refractivity contribution in [1.29, 1.82) is 0 Å². The highest BCUT2D eigenvalue weighted by molar-refractivity contribution is 9.10. The van der Waals surface area contributed by atoms with Gasteiger partial charge in [0.25, 0.3) is 5.91 Å². The van der Waals surface area contributed by atoms with E-state index in [0.29, 0.717) is 21.7 Å². The second kappa shape index (κ2) is 8.02. The largest absolute Gasteiger partial charge is 0.497 e. The molecule has 0 heterocycles. The number of hydrogen-bond donors (Lipinski definition) is 1. The lowest BCUT2D eigenvalue weighted by atomic mass is 10.1. The molecule has 1 aromatic carbocycles. The van der Waals surface area contributed by atoms with E-state index in [9.17, 15) is 9.59 Å². The third-order valence-electron chi connectivity index (χ3n) is 3.12. The Bertz CT molecular complexity index is 516. The molecule has 0 radical (unpaired) electrons. The first-order valence-electron chi connectivity index (χ1n) is 6.65. The second-order valence-electron chi connectivity index (χ2n) is 5.02. The molecule has 116 valence electrons. The fourth-order valence-corrected chi connectivity index (χ4v) is 1.87. The van der Waals surface area contributed by atoms with Crippen LogP contribution in [0.1, 0.15) is 31.1 Å². The highest BCUT2D eigenvalue weighted by Crippen LogP contribution is 2.23. The van der Waals surface area contributed by atoms with Gasteiger partial charge in [-0.25, -0.2) is 4.79 Å². The van der Waals surface area contributed by atoms with Crippen LogP contribution in [0.25, 0.3) is 0 Å². The summed E-state index contributed by atoms with van der Waals surface area (Å²) in [6.07, 6.45) is 0. The van der Waals surface area contributed by atoms with Crippen LogP contribution in [0.2, 0.25) is 0 Å². The molecule has 0 bridgehead atoms. The number of methoxy groups -OCH3 is 1. The molecule has 6 heteroatoms. The van der Waals surface area contributed by atoms with Crippen molar-refractivity contribution in [2.75, 3.05) is 13.7 Å². The maximum atomic E-state index is 12.0. The maximum Gasteiger partial charge on any atom is 0.339 e. The number of esters is 1. The van der Waals surface area contributed by atoms with Gasteiger partial charge in [-0.2, -0.15) is 0 Å². The first kappa shape index (κ1) is 17.5. The van der Waals surface area contributed by atoms with Crippen LogP contribution in [0, 0.1) is 5.92 Å². The van der Waals surface area contributed by atoms with E-state index in [4.69, 9.17) is 9.47 Å². The van der Waals surface area contributed by atoms with Gasteiger partial charge in [0.2, 0.25) is 0 Å². The molecule has 21 heavy (non-hydrogen) atoms. The van der Waals surface area contributed by atoms with Gasteiger partial charge in [0.15, 0.2) is 6.61 Å². The number of ether oxygens (including phenoxy) is 2. The lowest BCUT2D eigenvalue weighted by Gasteiger charge is -2.17. The van der Waals surface area contributed by atoms with Gasteiger partial charge in [-0.05, 0) is 47.0 Å². The van der Waals surface area contributed by atoms with Crippen molar-refractivity contribution in [2.24, 2.45) is 5.92 Å². The quantitative estimate of drug-likeness (QED) is 0.795. The third-order valence-corrected chi connectivity index (χ3v) is 3.81. The SMILES string of the molecule is COc1ccc(Br)c(C(=O)OCC(=O)NC(C)C(C)C)c1. The zero-order valence-corrected chi connectivity index (χ0v) is 14.2. The Morgan fingerprint density at radius 1 is 1.29 bits per heavy atom. The van der Waals surface area contributed by atoms with Gasteiger partial charge in [0, 0.05) is 10.5 Å². The predicted octanol–water partition coefficient (Wildman–Crippen LogP) is 2.78. The number of halogens is 1. The molecular formula is C15H20BrNO4. The van der Waals surface area contributed by atoms with Crippen molar-refractivity contribution >= 4 is 27.8 Å². The van der Waals surface area contributed by atoms with Crippen LogP contribution in [0.4, 0.5) is 0 Å². The van der Waals surface area contributed by atoms with Crippen LogP contribution in [-0.4, -0.2) is 31.6 Å². The first-order valence-corrected chi connectivity index (χ1v) is 7.44. The van der Waals surface area contributed by atoms with Crippen LogP contribution in [0.15, 0.2) is 22.7 Å². The summed E-state index contributed by atoms with van der Waals surface area (Å²) in [5.74, 6) is -0.0306. The van der Waals surface area contributed by atoms with Crippen molar-refractivity contribution in [3.8, 4) is 5.75 Å². The fraction of sp³-hybridized carbons (Fsp3) is 0.467. The van der Waals surface area contributed by atoms with Crippen molar-refractivity contribution in [1.82, 2.24) is 5.32 Å². The number of nitrogens with one attached hydrogen (secondary N) is 1. The average Bonchev–Trinajstić information content (AvgIpc) is 2.45. The Morgan fingerprint density at radius 3 is 2.52 bits per heavy atom. The summed E-state index contributed by atoms with van der Waals surface area (Å²) in [6.45, 7) is 5.61. The Hall–Kier alpha value is -1.56. The summed E-state index contributed by atoms with van der Waals surface area (Å²) < 4.78 is 10.7. The van der Waals surface area contributed by atoms with E-state index >= 15 is 0 Å². The summed E-state index contributed by atoms with van der Waals surface area (Å²) in [4.78, 5) is 23.6. The zero-order chi connectivity index (χ0) is 16.0. The van der Waals surface area contributed by atoms with Gasteiger partial charge >= 0.3 is 5.97 Å². The standard InChI is InChI=1S/C15H20BrNO4/c1-9(2)10(3)17-14(18)8-21-15(19)12-7-11(20-4)5-6-13(12)16/h5-7,9-10H,8H2,1-4H3,(H,17,18). The normalized spacial score (nSPS) is 11.9. The molecule has 1 unspecified atom stereocenters. The Morgan fingerprint density at radius 2 is 1.95 bits per heavy atom. The van der Waals surface area contributed by atoms with Gasteiger partial charge in [-0.1, -0.05) is 13.8 Å².